The van der Waals surface area contributed by atoms with Crippen LogP contribution in [0.4, 0.5) is 0 Å². The molecule has 1 aromatic carbocycles. The molecule has 0 aliphatic heterocycles. The maximum Gasteiger partial charge on any atom is 0.225 e. The van der Waals surface area contributed by atoms with Crippen molar-refractivity contribution in [2.45, 2.75) is 0 Å². The van der Waals surface area contributed by atoms with Gasteiger partial charge in [0.15, 0.2) is 11.9 Å². The molecule has 0 aliphatic carbocycles. The van der Waals surface area contributed by atoms with E-state index in [1.807, 2.05) is 0 Å². The van der Waals surface area contributed by atoms with Crippen LogP contribution in [0.1, 0.15) is 10.4 Å². The average molecular weight is 289 g/mol. The number of carbonyl (C=O) groups excluding carboxylic acids is 1. The van der Waals surface area contributed by atoms with Crippen LogP contribution in [-0.2, 0) is 0 Å². The number of ether oxygens (including phenoxy) is 1. The lowest BCUT2D eigenvalue weighted by Gasteiger charge is -2.07. The number of imidazole rings is 1. The van der Waals surface area contributed by atoms with Crippen molar-refractivity contribution in [3.8, 4) is 17.0 Å². The van der Waals surface area contributed by atoms with Gasteiger partial charge in [0.05, 0.1) is 19.0 Å². The van der Waals surface area contributed by atoms with Crippen LogP contribution in [0.25, 0.3) is 22.4 Å². The Hall–Kier alpha value is -2.47. The number of nitrogens with zero attached hydrogens (tertiary/aromatic N) is 3. The monoisotopic (exact) mass is 288 g/mol. The summed E-state index contributed by atoms with van der Waals surface area (Å²) in [6.07, 6.45) is 2.25. The summed E-state index contributed by atoms with van der Waals surface area (Å²) in [7, 11) is 1.51. The molecule has 0 atom stereocenters. The summed E-state index contributed by atoms with van der Waals surface area (Å²) in [6.45, 7) is 0. The number of hydrogen-bond donors (Lipinski definition) is 1. The predicted molar refractivity (Wildman–Crippen MR) is 74.1 cm³/mol. The second kappa shape index (κ2) is 4.90. The summed E-state index contributed by atoms with van der Waals surface area (Å²) in [5.74, 6) is 0.502. The van der Waals surface area contributed by atoms with E-state index in [2.05, 4.69) is 19.9 Å². The van der Waals surface area contributed by atoms with Gasteiger partial charge in [-0.25, -0.2) is 9.97 Å². The molecule has 0 fully saturated rings. The summed E-state index contributed by atoms with van der Waals surface area (Å²) in [5, 5.41) is 0.111. The molecule has 0 saturated heterocycles. The average Bonchev–Trinajstić information content (AvgIpc) is 2.93. The Bertz CT molecular complexity index is 800. The molecule has 100 valence electrons. The molecule has 0 bridgehead atoms. The number of rotatable bonds is 3. The first-order valence-corrected chi connectivity index (χ1v) is 6.11. The van der Waals surface area contributed by atoms with E-state index in [1.54, 1.807) is 18.2 Å². The Labute approximate surface area is 118 Å². The van der Waals surface area contributed by atoms with Crippen LogP contribution < -0.4 is 4.74 Å². The minimum absolute atomic E-state index is 0.111. The quantitative estimate of drug-likeness (QED) is 0.591. The van der Waals surface area contributed by atoms with Crippen molar-refractivity contribution in [2.75, 3.05) is 7.11 Å². The summed E-state index contributed by atoms with van der Waals surface area (Å²) in [5.41, 5.74) is 2.85. The number of aldehydes is 1. The van der Waals surface area contributed by atoms with Crippen LogP contribution >= 0.6 is 11.6 Å². The highest BCUT2D eigenvalue weighted by Crippen LogP contribution is 2.28. The molecular weight excluding hydrogens is 280 g/mol. The largest absolute Gasteiger partial charge is 0.496 e. The number of carbonyl (C=O) groups is 1. The van der Waals surface area contributed by atoms with Gasteiger partial charge >= 0.3 is 0 Å². The molecule has 0 amide bonds. The number of halogens is 1. The molecule has 0 unspecified atom stereocenters. The molecule has 6 nitrogen and oxygen atoms in total. The second-order valence-electron chi connectivity index (χ2n) is 4.02. The molecular formula is C13H9ClN4O2. The van der Waals surface area contributed by atoms with Crippen molar-refractivity contribution in [3.05, 3.63) is 35.4 Å². The topological polar surface area (TPSA) is 80.8 Å². The number of hydrogen-bond acceptors (Lipinski definition) is 5. The predicted octanol–water partition coefficient (Wildman–Crippen LogP) is 2.49. The first-order chi connectivity index (χ1) is 9.72. The maximum atomic E-state index is 11.1. The third kappa shape index (κ3) is 2.00. The van der Waals surface area contributed by atoms with Crippen LogP contribution in [0.3, 0.4) is 0 Å². The molecule has 2 aromatic heterocycles. The number of methoxy groups -OCH3 is 1. The smallest absolute Gasteiger partial charge is 0.225 e. The summed E-state index contributed by atoms with van der Waals surface area (Å²) < 4.78 is 5.11. The number of aromatic nitrogens is 4. The van der Waals surface area contributed by atoms with Gasteiger partial charge in [-0.15, -0.1) is 0 Å². The molecule has 3 rings (SSSR count). The van der Waals surface area contributed by atoms with Gasteiger partial charge in [-0.2, -0.15) is 4.98 Å². The standard InChI is InChI=1S/C13H9ClN4O2/c1-20-9-3-2-7(4-8(9)5-19)10-11-12(16-6-15-11)18-13(14)17-10/h2-6H,1H3,(H,15,16,17,18). The van der Waals surface area contributed by atoms with Crippen LogP contribution in [0.15, 0.2) is 24.5 Å². The number of benzene rings is 1. The van der Waals surface area contributed by atoms with E-state index >= 15 is 0 Å². The number of nitrogens with one attached hydrogen (secondary N) is 1. The van der Waals surface area contributed by atoms with E-state index in [-0.39, 0.29) is 5.28 Å². The highest BCUT2D eigenvalue weighted by molar-refractivity contribution is 6.28. The van der Waals surface area contributed by atoms with E-state index in [0.717, 1.165) is 6.29 Å². The third-order valence-electron chi connectivity index (χ3n) is 2.88. The van der Waals surface area contributed by atoms with Gasteiger partial charge in [-0.3, -0.25) is 4.79 Å². The van der Waals surface area contributed by atoms with E-state index in [4.69, 9.17) is 16.3 Å². The van der Waals surface area contributed by atoms with Crippen molar-refractivity contribution in [3.63, 3.8) is 0 Å². The van der Waals surface area contributed by atoms with Gasteiger partial charge in [-0.1, -0.05) is 0 Å². The van der Waals surface area contributed by atoms with E-state index in [1.165, 1.54) is 13.4 Å². The fraction of sp³-hybridized carbons (Fsp3) is 0.0769. The van der Waals surface area contributed by atoms with Crippen molar-refractivity contribution in [2.24, 2.45) is 0 Å². The molecule has 3 aromatic rings. The van der Waals surface area contributed by atoms with Crippen molar-refractivity contribution in [1.82, 2.24) is 19.9 Å². The molecule has 20 heavy (non-hydrogen) atoms. The van der Waals surface area contributed by atoms with Crippen LogP contribution in [-0.4, -0.2) is 33.3 Å². The fourth-order valence-electron chi connectivity index (χ4n) is 1.98. The first-order valence-electron chi connectivity index (χ1n) is 5.73. The highest BCUT2D eigenvalue weighted by Gasteiger charge is 2.13. The molecule has 0 radical (unpaired) electrons. The Morgan fingerprint density at radius 1 is 1.35 bits per heavy atom. The van der Waals surface area contributed by atoms with Gasteiger partial charge in [-0.05, 0) is 29.8 Å². The van der Waals surface area contributed by atoms with Gasteiger partial charge in [0.25, 0.3) is 0 Å². The van der Waals surface area contributed by atoms with Crippen molar-refractivity contribution >= 4 is 29.1 Å². The number of aromatic amines is 1. The Kier molecular flexibility index (Phi) is 3.08. The maximum absolute atomic E-state index is 11.1. The van der Waals surface area contributed by atoms with Crippen molar-refractivity contribution in [1.29, 1.82) is 0 Å². The van der Waals surface area contributed by atoms with Gasteiger partial charge < -0.3 is 9.72 Å². The third-order valence-corrected chi connectivity index (χ3v) is 3.05. The number of fused-ring (bicyclic) bond motifs is 1. The minimum Gasteiger partial charge on any atom is -0.496 e. The van der Waals surface area contributed by atoms with E-state index < -0.39 is 0 Å². The van der Waals surface area contributed by atoms with Gasteiger partial charge in [0.2, 0.25) is 5.28 Å². The molecule has 0 spiro atoms. The van der Waals surface area contributed by atoms with E-state index in [9.17, 15) is 4.79 Å². The Morgan fingerprint density at radius 2 is 2.20 bits per heavy atom. The molecule has 2 heterocycles. The second-order valence-corrected chi connectivity index (χ2v) is 4.35. The molecule has 0 aliphatic rings. The molecule has 0 saturated carbocycles. The van der Waals surface area contributed by atoms with Gasteiger partial charge in [0, 0.05) is 5.56 Å². The van der Waals surface area contributed by atoms with Crippen LogP contribution in [0, 0.1) is 0 Å². The minimum atomic E-state index is 0.111. The summed E-state index contributed by atoms with van der Waals surface area (Å²) >= 11 is 5.90. The fourth-order valence-corrected chi connectivity index (χ4v) is 2.15. The number of H-pyrrole nitrogens is 1. The zero-order chi connectivity index (χ0) is 14.1. The van der Waals surface area contributed by atoms with E-state index in [0.29, 0.717) is 33.7 Å². The lowest BCUT2D eigenvalue weighted by atomic mass is 10.1. The van der Waals surface area contributed by atoms with Crippen LogP contribution in [0.5, 0.6) is 5.75 Å². The normalized spacial score (nSPS) is 10.7. The Morgan fingerprint density at radius 3 is 2.95 bits per heavy atom. The summed E-state index contributed by atoms with van der Waals surface area (Å²) in [6, 6.07) is 5.17. The van der Waals surface area contributed by atoms with Crippen molar-refractivity contribution < 1.29 is 9.53 Å². The lowest BCUT2D eigenvalue weighted by Crippen LogP contribution is -1.94. The molecule has 1 N–H and O–H groups in total. The highest BCUT2D eigenvalue weighted by atomic mass is 35.5. The SMILES string of the molecule is COc1ccc(-c2nc(Cl)nc3[nH]cnc23)cc1C=O. The molecule has 7 heteroatoms. The zero-order valence-electron chi connectivity index (χ0n) is 10.4. The summed E-state index contributed by atoms with van der Waals surface area (Å²) in [4.78, 5) is 26.4. The lowest BCUT2D eigenvalue weighted by molar-refractivity contribution is 0.112. The van der Waals surface area contributed by atoms with Crippen LogP contribution in [0.2, 0.25) is 5.28 Å². The zero-order valence-corrected chi connectivity index (χ0v) is 11.2. The Balaban J connectivity index is 2.25. The van der Waals surface area contributed by atoms with Gasteiger partial charge in [0.1, 0.15) is 17.0 Å². The first kappa shape index (κ1) is 12.6.